The highest BCUT2D eigenvalue weighted by Gasteiger charge is 2.43. The number of anilines is 2. The molecule has 1 N–H and O–H groups in total. The molecule has 0 radical (unpaired) electrons. The first-order chi connectivity index (χ1) is 17.1. The van der Waals surface area contributed by atoms with Crippen LogP contribution >= 0.6 is 0 Å². The van der Waals surface area contributed by atoms with Crippen LogP contribution in [0.4, 0.5) is 24.8 Å². The van der Waals surface area contributed by atoms with E-state index in [1.54, 1.807) is 19.4 Å². The minimum Gasteiger partial charge on any atom is -0.481 e. The van der Waals surface area contributed by atoms with E-state index in [1.165, 1.54) is 10.6 Å². The van der Waals surface area contributed by atoms with Gasteiger partial charge in [-0.2, -0.15) is 22.7 Å². The lowest BCUT2D eigenvalue weighted by atomic mass is 9.92. The molecule has 4 atom stereocenters. The molecule has 8 nitrogen and oxygen atoms in total. The van der Waals surface area contributed by atoms with E-state index in [4.69, 9.17) is 14.5 Å². The maximum Gasteiger partial charge on any atom is 0.425 e. The summed E-state index contributed by atoms with van der Waals surface area (Å²) >= 11 is 0. The lowest BCUT2D eigenvalue weighted by molar-refractivity contribution is -0.190. The predicted molar refractivity (Wildman–Crippen MR) is 130 cm³/mol. The van der Waals surface area contributed by atoms with Gasteiger partial charge in [-0.3, -0.25) is 0 Å². The molecule has 0 spiro atoms. The number of aromatic nitrogens is 4. The molecule has 36 heavy (non-hydrogen) atoms. The molecule has 3 aromatic rings. The topological polar surface area (TPSA) is 76.8 Å². The van der Waals surface area contributed by atoms with Gasteiger partial charge in [0.15, 0.2) is 11.8 Å². The minimum absolute atomic E-state index is 0.0178. The molecule has 2 fully saturated rings. The molecule has 2 aliphatic rings. The first-order valence-electron chi connectivity index (χ1n) is 12.3. The third-order valence-corrected chi connectivity index (χ3v) is 7.28. The highest BCUT2D eigenvalue weighted by atomic mass is 19.4. The highest BCUT2D eigenvalue weighted by Crippen LogP contribution is 2.40. The Morgan fingerprint density at radius 3 is 2.44 bits per heavy atom. The van der Waals surface area contributed by atoms with E-state index < -0.39 is 12.3 Å². The van der Waals surface area contributed by atoms with Crippen LogP contribution in [0.15, 0.2) is 30.5 Å². The molecule has 2 bridgehead atoms. The molecule has 5 rings (SSSR count). The van der Waals surface area contributed by atoms with Crippen molar-refractivity contribution in [3.63, 3.8) is 0 Å². The molecule has 194 valence electrons. The summed E-state index contributed by atoms with van der Waals surface area (Å²) in [4.78, 5) is 11.3. The second-order valence-corrected chi connectivity index (χ2v) is 9.98. The smallest absolute Gasteiger partial charge is 0.425 e. The molecule has 1 saturated carbocycles. The maximum atomic E-state index is 13.1. The molecule has 0 aromatic carbocycles. The summed E-state index contributed by atoms with van der Waals surface area (Å²) in [5, 5.41) is 8.06. The monoisotopic (exact) mass is 504 g/mol. The summed E-state index contributed by atoms with van der Waals surface area (Å²) in [5.41, 5.74) is 2.49. The number of halogens is 3. The zero-order chi connectivity index (χ0) is 25.6. The van der Waals surface area contributed by atoms with Crippen LogP contribution < -0.4 is 19.7 Å². The fraction of sp³-hybridized carbons (Fsp3) is 0.560. The van der Waals surface area contributed by atoms with Crippen molar-refractivity contribution >= 4 is 17.3 Å². The van der Waals surface area contributed by atoms with Gasteiger partial charge in [0, 0.05) is 43.1 Å². The first-order valence-corrected chi connectivity index (χ1v) is 12.3. The fourth-order valence-corrected chi connectivity index (χ4v) is 5.33. The zero-order valence-electron chi connectivity index (χ0n) is 20.8. The quantitative estimate of drug-likeness (QED) is 0.490. The van der Waals surface area contributed by atoms with Gasteiger partial charge in [0.05, 0.1) is 7.11 Å². The number of alkyl halides is 3. The third-order valence-electron chi connectivity index (χ3n) is 7.28. The van der Waals surface area contributed by atoms with E-state index >= 15 is 0 Å². The van der Waals surface area contributed by atoms with Gasteiger partial charge in [0.1, 0.15) is 0 Å². The average Bonchev–Trinajstić information content (AvgIpc) is 3.35. The van der Waals surface area contributed by atoms with Crippen LogP contribution in [-0.4, -0.2) is 58.1 Å². The second kappa shape index (κ2) is 9.33. The van der Waals surface area contributed by atoms with Crippen molar-refractivity contribution in [2.45, 2.75) is 57.9 Å². The number of nitrogens with zero attached hydrogens (tertiary/aromatic N) is 5. The van der Waals surface area contributed by atoms with Gasteiger partial charge in [-0.1, -0.05) is 13.8 Å². The Kier molecular flexibility index (Phi) is 6.34. The summed E-state index contributed by atoms with van der Waals surface area (Å²) in [6, 6.07) is 7.43. The number of ether oxygens (including phenoxy) is 2. The van der Waals surface area contributed by atoms with Crippen LogP contribution in [-0.2, 0) is 0 Å². The van der Waals surface area contributed by atoms with Crippen molar-refractivity contribution in [2.24, 2.45) is 11.8 Å². The summed E-state index contributed by atoms with van der Waals surface area (Å²) in [5.74, 6) is 1.92. The molecule has 1 saturated heterocycles. The van der Waals surface area contributed by atoms with E-state index in [0.29, 0.717) is 29.3 Å². The second-order valence-electron chi connectivity index (χ2n) is 9.98. The van der Waals surface area contributed by atoms with E-state index in [9.17, 15) is 13.2 Å². The van der Waals surface area contributed by atoms with Crippen LogP contribution in [0.1, 0.15) is 45.1 Å². The van der Waals surface area contributed by atoms with Gasteiger partial charge >= 0.3 is 6.18 Å². The summed E-state index contributed by atoms with van der Waals surface area (Å²) in [6.45, 7) is 6.77. The Bertz CT molecular complexity index is 1220. The molecular formula is C25H31F3N6O2. The van der Waals surface area contributed by atoms with Crippen molar-refractivity contribution < 1.29 is 22.6 Å². The van der Waals surface area contributed by atoms with Gasteiger partial charge in [-0.05, 0) is 55.2 Å². The van der Waals surface area contributed by atoms with Gasteiger partial charge in [-0.15, -0.1) is 5.10 Å². The number of pyridine rings is 2. The van der Waals surface area contributed by atoms with E-state index in [2.05, 4.69) is 20.3 Å². The Hall–Kier alpha value is -3.24. The summed E-state index contributed by atoms with van der Waals surface area (Å²) in [7, 11) is 1.61. The molecule has 1 unspecified atom stereocenters. The number of fused-ring (bicyclic) bond motifs is 3. The number of nitrogens with one attached hydrogen (secondary N) is 1. The first kappa shape index (κ1) is 24.5. The van der Waals surface area contributed by atoms with Crippen LogP contribution in [0.25, 0.3) is 5.65 Å². The van der Waals surface area contributed by atoms with E-state index in [-0.39, 0.29) is 17.8 Å². The molecule has 1 aliphatic heterocycles. The maximum absolute atomic E-state index is 13.1. The van der Waals surface area contributed by atoms with Gasteiger partial charge in [-0.25, -0.2) is 4.98 Å². The number of hydrogen-bond acceptors (Lipinski definition) is 7. The Balaban J connectivity index is 1.39. The Morgan fingerprint density at radius 1 is 1.08 bits per heavy atom. The normalized spacial score (nSPS) is 22.8. The molecule has 1 aliphatic carbocycles. The predicted octanol–water partition coefficient (Wildman–Crippen LogP) is 4.91. The molecule has 3 aromatic heterocycles. The molecule has 4 heterocycles. The third kappa shape index (κ3) is 4.62. The van der Waals surface area contributed by atoms with Crippen LogP contribution in [0, 0.1) is 11.8 Å². The fourth-order valence-electron chi connectivity index (χ4n) is 5.33. The van der Waals surface area contributed by atoms with Gasteiger partial charge < -0.3 is 19.7 Å². The number of methoxy groups -OCH3 is 1. The zero-order valence-corrected chi connectivity index (χ0v) is 20.8. The standard InChI is InChI=1S/C25H31F3N6O2/c1-14(2)19-7-8-21(36-15(3)25(26,27)28)34-23(19)31-24(32-34)30-22-16-5-6-17(22)13-33(12-16)18-9-10-29-20(11-18)35-4/h7-11,14-17,22H,5-6,12-13H2,1-4H3,(H,30,32)/t15-,16-,17+,22?/m0/s1. The lowest BCUT2D eigenvalue weighted by Crippen LogP contribution is -2.48. The Labute approximate surface area is 207 Å². The van der Waals surface area contributed by atoms with Gasteiger partial charge in [0.25, 0.3) is 0 Å². The minimum atomic E-state index is -4.48. The van der Waals surface area contributed by atoms with Crippen molar-refractivity contribution in [1.29, 1.82) is 0 Å². The number of piperidine rings is 1. The van der Waals surface area contributed by atoms with Crippen molar-refractivity contribution in [2.75, 3.05) is 30.4 Å². The molecular weight excluding hydrogens is 473 g/mol. The van der Waals surface area contributed by atoms with E-state index in [0.717, 1.165) is 44.1 Å². The van der Waals surface area contributed by atoms with Crippen LogP contribution in [0.3, 0.4) is 0 Å². The van der Waals surface area contributed by atoms with Crippen LogP contribution in [0.5, 0.6) is 11.8 Å². The van der Waals surface area contributed by atoms with Gasteiger partial charge in [0.2, 0.25) is 17.7 Å². The van der Waals surface area contributed by atoms with Crippen LogP contribution in [0.2, 0.25) is 0 Å². The largest absolute Gasteiger partial charge is 0.481 e. The summed E-state index contributed by atoms with van der Waals surface area (Å²) < 4.78 is 51.4. The van der Waals surface area contributed by atoms with Crippen molar-refractivity contribution in [1.82, 2.24) is 19.6 Å². The SMILES string of the molecule is COc1cc(N2C[C@H]3CC[C@@H](C2)C3Nc2nc3c(C(C)C)ccc(O[C@@H](C)C(F)(F)F)n3n2)ccn1. The van der Waals surface area contributed by atoms with E-state index in [1.807, 2.05) is 26.0 Å². The molecule has 11 heteroatoms. The number of rotatable bonds is 7. The molecule has 0 amide bonds. The number of hydrogen-bond donors (Lipinski definition) is 1. The summed E-state index contributed by atoms with van der Waals surface area (Å²) in [6.07, 6.45) is -2.51. The Morgan fingerprint density at radius 2 is 1.81 bits per heavy atom. The average molecular weight is 505 g/mol. The van der Waals surface area contributed by atoms with Crippen molar-refractivity contribution in [3.8, 4) is 11.8 Å². The van der Waals surface area contributed by atoms with Crippen molar-refractivity contribution in [3.05, 3.63) is 36.0 Å². The lowest BCUT2D eigenvalue weighted by Gasteiger charge is -2.39. The highest BCUT2D eigenvalue weighted by molar-refractivity contribution is 5.55.